The zero-order chi connectivity index (χ0) is 23.3. The van der Waals surface area contributed by atoms with Crippen LogP contribution in [0.2, 0.25) is 0 Å². The number of rotatable bonds is 7. The first-order valence-electron chi connectivity index (χ1n) is 11.3. The van der Waals surface area contributed by atoms with Gasteiger partial charge in [-0.15, -0.1) is 11.8 Å². The van der Waals surface area contributed by atoms with E-state index in [1.165, 1.54) is 0 Å². The molecule has 0 aliphatic carbocycles. The molecule has 4 aromatic rings. The molecule has 0 radical (unpaired) electrons. The third kappa shape index (κ3) is 5.26. The zero-order valence-electron chi connectivity index (χ0n) is 18.6. The van der Waals surface area contributed by atoms with E-state index in [0.717, 1.165) is 51.5 Å². The van der Waals surface area contributed by atoms with Gasteiger partial charge in [0.25, 0.3) is 0 Å². The highest BCUT2D eigenvalue weighted by atomic mass is 79.9. The van der Waals surface area contributed by atoms with Crippen molar-refractivity contribution in [3.05, 3.63) is 82.9 Å². The second-order valence-electron chi connectivity index (χ2n) is 8.29. The molecule has 4 heterocycles. The fraction of sp³-hybridized carbons (Fsp3) is 0.280. The molecule has 1 N–H and O–H groups in total. The van der Waals surface area contributed by atoms with E-state index in [-0.39, 0.29) is 11.8 Å². The van der Waals surface area contributed by atoms with Gasteiger partial charge in [-0.25, -0.2) is 4.98 Å². The van der Waals surface area contributed by atoms with Crippen LogP contribution in [0.5, 0.6) is 0 Å². The first-order valence-corrected chi connectivity index (χ1v) is 13.1. The number of hydrogen-bond donors (Lipinski definition) is 1. The van der Waals surface area contributed by atoms with Crippen molar-refractivity contribution < 1.29 is 4.79 Å². The maximum atomic E-state index is 12.9. The molecular formula is C25H25BrN6OS. The Labute approximate surface area is 211 Å². The second kappa shape index (κ2) is 10.6. The number of pyridine rings is 1. The van der Waals surface area contributed by atoms with Gasteiger partial charge in [0.05, 0.1) is 22.1 Å². The Morgan fingerprint density at radius 1 is 1.18 bits per heavy atom. The molecule has 1 amide bonds. The maximum absolute atomic E-state index is 12.9. The number of likely N-dealkylation sites (tertiary alicyclic amines) is 1. The number of nitrogens with zero attached hydrogens (tertiary/aromatic N) is 5. The van der Waals surface area contributed by atoms with Crippen LogP contribution in [-0.4, -0.2) is 49.2 Å². The molecule has 1 saturated heterocycles. The quantitative estimate of drug-likeness (QED) is 0.335. The number of hydrogen-bond acceptors (Lipinski definition) is 6. The number of fused-ring (bicyclic) bond motifs is 1. The summed E-state index contributed by atoms with van der Waals surface area (Å²) in [7, 11) is 0. The van der Waals surface area contributed by atoms with Gasteiger partial charge in [0, 0.05) is 48.9 Å². The summed E-state index contributed by atoms with van der Waals surface area (Å²) in [6.45, 7) is 2.12. The van der Waals surface area contributed by atoms with E-state index in [1.54, 1.807) is 24.2 Å². The second-order valence-corrected chi connectivity index (χ2v) is 10.2. The first-order chi connectivity index (χ1) is 16.7. The number of benzene rings is 1. The molecule has 34 heavy (non-hydrogen) atoms. The Morgan fingerprint density at radius 2 is 2.06 bits per heavy atom. The normalized spacial score (nSPS) is 16.0. The van der Waals surface area contributed by atoms with E-state index in [1.807, 2.05) is 58.1 Å². The van der Waals surface area contributed by atoms with Crippen LogP contribution in [0.4, 0.5) is 5.82 Å². The van der Waals surface area contributed by atoms with Crippen LogP contribution >= 0.6 is 27.7 Å². The average Bonchev–Trinajstić information content (AvgIpc) is 3.28. The molecule has 1 aliphatic heterocycles. The Bertz CT molecular complexity index is 1270. The number of aromatic nitrogens is 4. The molecule has 1 atom stereocenters. The fourth-order valence-electron chi connectivity index (χ4n) is 4.18. The van der Waals surface area contributed by atoms with Crippen molar-refractivity contribution >= 4 is 45.1 Å². The molecule has 174 valence electrons. The van der Waals surface area contributed by atoms with Crippen molar-refractivity contribution in [2.24, 2.45) is 0 Å². The summed E-state index contributed by atoms with van der Waals surface area (Å²) in [6.07, 6.45) is 7.36. The van der Waals surface area contributed by atoms with Crippen LogP contribution in [0.15, 0.2) is 76.5 Å². The van der Waals surface area contributed by atoms with Crippen molar-refractivity contribution in [2.45, 2.75) is 30.2 Å². The van der Waals surface area contributed by atoms with Crippen LogP contribution in [0, 0.1) is 0 Å². The summed E-state index contributed by atoms with van der Waals surface area (Å²) in [5.74, 6) is 1.69. The van der Waals surface area contributed by atoms with Crippen molar-refractivity contribution in [1.29, 1.82) is 0 Å². The minimum atomic E-state index is 0.181. The number of amides is 1. The summed E-state index contributed by atoms with van der Waals surface area (Å²) >= 11 is 5.17. The van der Waals surface area contributed by atoms with Crippen LogP contribution in [-0.2, 0) is 11.3 Å². The molecular weight excluding hydrogens is 512 g/mol. The number of carbonyl (C=O) groups is 1. The Kier molecular flexibility index (Phi) is 7.10. The van der Waals surface area contributed by atoms with Crippen molar-refractivity contribution in [1.82, 2.24) is 24.5 Å². The van der Waals surface area contributed by atoms with Gasteiger partial charge >= 0.3 is 0 Å². The van der Waals surface area contributed by atoms with E-state index in [2.05, 4.69) is 37.4 Å². The number of anilines is 1. The van der Waals surface area contributed by atoms with Gasteiger partial charge in [-0.3, -0.25) is 9.78 Å². The molecule has 9 heteroatoms. The van der Waals surface area contributed by atoms with E-state index in [9.17, 15) is 4.79 Å². The van der Waals surface area contributed by atoms with Gasteiger partial charge in [-0.05, 0) is 52.5 Å². The zero-order valence-corrected chi connectivity index (χ0v) is 21.0. The Morgan fingerprint density at radius 3 is 2.88 bits per heavy atom. The van der Waals surface area contributed by atoms with Crippen LogP contribution < -0.4 is 5.32 Å². The van der Waals surface area contributed by atoms with E-state index in [0.29, 0.717) is 18.8 Å². The predicted octanol–water partition coefficient (Wildman–Crippen LogP) is 5.00. The van der Waals surface area contributed by atoms with Crippen molar-refractivity contribution in [2.75, 3.05) is 24.2 Å². The predicted molar refractivity (Wildman–Crippen MR) is 138 cm³/mol. The van der Waals surface area contributed by atoms with Gasteiger partial charge in [0.15, 0.2) is 5.65 Å². The topological polar surface area (TPSA) is 75.4 Å². The van der Waals surface area contributed by atoms with Crippen LogP contribution in [0.25, 0.3) is 5.65 Å². The lowest BCUT2D eigenvalue weighted by Gasteiger charge is -2.32. The van der Waals surface area contributed by atoms with E-state index >= 15 is 0 Å². The monoisotopic (exact) mass is 536 g/mol. The Balaban J connectivity index is 1.32. The van der Waals surface area contributed by atoms with Gasteiger partial charge < -0.3 is 10.2 Å². The summed E-state index contributed by atoms with van der Waals surface area (Å²) in [4.78, 5) is 25.2. The summed E-state index contributed by atoms with van der Waals surface area (Å²) < 4.78 is 2.66. The number of piperidine rings is 1. The molecule has 1 aromatic carbocycles. The molecule has 3 aromatic heterocycles. The smallest absolute Gasteiger partial charge is 0.232 e. The number of thioether (sulfide) groups is 1. The fourth-order valence-corrected chi connectivity index (χ4v) is 5.35. The van der Waals surface area contributed by atoms with E-state index in [4.69, 9.17) is 4.98 Å². The Hall–Kier alpha value is -2.91. The third-order valence-corrected chi connectivity index (χ3v) is 7.50. The molecule has 0 saturated carbocycles. The third-order valence-electron chi connectivity index (χ3n) is 5.94. The molecule has 7 nitrogen and oxygen atoms in total. The molecule has 1 fully saturated rings. The lowest BCUT2D eigenvalue weighted by atomic mass is 9.94. The van der Waals surface area contributed by atoms with E-state index < -0.39 is 0 Å². The van der Waals surface area contributed by atoms with Crippen LogP contribution in [0.1, 0.15) is 30.0 Å². The number of halogens is 1. The standard InChI is InChI=1S/C25H25BrN6OS/c26-21-15-29-32-23(28-14-18-6-4-10-27-13-18)12-22(30-25(21)32)19-7-5-11-31(16-19)24(33)17-34-20-8-2-1-3-9-20/h1-4,6,8-10,12-13,15,19,28H,5,7,11,14,16-17H2. The van der Waals surface area contributed by atoms with Crippen molar-refractivity contribution in [3.63, 3.8) is 0 Å². The molecule has 5 rings (SSSR count). The highest BCUT2D eigenvalue weighted by Gasteiger charge is 2.27. The SMILES string of the molecule is O=C(CSc1ccccc1)N1CCCC(c2cc(NCc3cccnc3)n3ncc(Br)c3n2)C1. The molecule has 1 unspecified atom stereocenters. The molecule has 1 aliphatic rings. The average molecular weight is 537 g/mol. The summed E-state index contributed by atoms with van der Waals surface area (Å²) in [5, 5.41) is 7.96. The minimum absolute atomic E-state index is 0.181. The number of nitrogens with one attached hydrogen (secondary N) is 1. The van der Waals surface area contributed by atoms with Gasteiger partial charge in [0.2, 0.25) is 5.91 Å². The molecule has 0 bridgehead atoms. The van der Waals surface area contributed by atoms with Gasteiger partial charge in [-0.2, -0.15) is 9.61 Å². The van der Waals surface area contributed by atoms with Crippen LogP contribution in [0.3, 0.4) is 0 Å². The first kappa shape index (κ1) is 22.9. The molecule has 0 spiro atoms. The highest BCUT2D eigenvalue weighted by Crippen LogP contribution is 2.30. The van der Waals surface area contributed by atoms with Gasteiger partial charge in [0.1, 0.15) is 5.82 Å². The lowest BCUT2D eigenvalue weighted by Crippen LogP contribution is -2.40. The highest BCUT2D eigenvalue weighted by molar-refractivity contribution is 9.10. The lowest BCUT2D eigenvalue weighted by molar-refractivity contribution is -0.129. The number of carbonyl (C=O) groups excluding carboxylic acids is 1. The minimum Gasteiger partial charge on any atom is -0.366 e. The van der Waals surface area contributed by atoms with Crippen molar-refractivity contribution in [3.8, 4) is 0 Å². The van der Waals surface area contributed by atoms with Gasteiger partial charge in [-0.1, -0.05) is 24.3 Å². The summed E-state index contributed by atoms with van der Waals surface area (Å²) in [5.41, 5.74) is 2.84. The largest absolute Gasteiger partial charge is 0.366 e. The maximum Gasteiger partial charge on any atom is 0.232 e. The summed E-state index contributed by atoms with van der Waals surface area (Å²) in [6, 6.07) is 16.1.